The summed E-state index contributed by atoms with van der Waals surface area (Å²) < 4.78 is 14.9. The number of halogens is 1. The van der Waals surface area contributed by atoms with Crippen molar-refractivity contribution in [2.24, 2.45) is 0 Å². The van der Waals surface area contributed by atoms with Gasteiger partial charge in [0.2, 0.25) is 0 Å². The Bertz CT molecular complexity index is 1270. The number of rotatable bonds is 1. The lowest BCUT2D eigenvalue weighted by atomic mass is 9.87. The summed E-state index contributed by atoms with van der Waals surface area (Å²) in [5.41, 5.74) is 2.65. The Kier molecular flexibility index (Phi) is 2.81. The Morgan fingerprint density at radius 1 is 0.760 bits per heavy atom. The average Bonchev–Trinajstić information content (AvgIpc) is 2.61. The second kappa shape index (κ2) is 4.93. The zero-order chi connectivity index (χ0) is 17.1. The maximum Gasteiger partial charge on any atom is 0.131 e. The topological polar surface area (TPSA) is 20.2 Å². The van der Waals surface area contributed by atoms with Crippen LogP contribution in [0.3, 0.4) is 0 Å². The third kappa shape index (κ3) is 1.88. The van der Waals surface area contributed by atoms with E-state index in [4.69, 9.17) is 0 Å². The maximum absolute atomic E-state index is 14.9. The summed E-state index contributed by atoms with van der Waals surface area (Å²) in [4.78, 5) is 0. The molecule has 0 aromatic heterocycles. The third-order valence-corrected chi connectivity index (χ3v) is 5.08. The molecule has 0 aliphatic rings. The molecule has 5 rings (SSSR count). The number of phenols is 1. The van der Waals surface area contributed by atoms with Gasteiger partial charge < -0.3 is 5.11 Å². The summed E-state index contributed by atoms with van der Waals surface area (Å²) in [6.45, 7) is 2.01. The molecule has 120 valence electrons. The predicted octanol–water partition coefficient (Wildman–Crippen LogP) is 6.40. The van der Waals surface area contributed by atoms with E-state index in [1.807, 2.05) is 43.3 Å². The standard InChI is InChI=1S/C23H15FO/c1-13-11-15-10-9-14-5-4-7-16-19(24)12-18(23(15)22(14)16)21(13)17-6-2-3-8-20(17)25/h2-12,25H,1H3. The highest BCUT2D eigenvalue weighted by Crippen LogP contribution is 2.43. The summed E-state index contributed by atoms with van der Waals surface area (Å²) in [6.07, 6.45) is 0. The summed E-state index contributed by atoms with van der Waals surface area (Å²) in [6, 6.07) is 20.8. The monoisotopic (exact) mass is 326 g/mol. The Morgan fingerprint density at radius 2 is 1.52 bits per heavy atom. The van der Waals surface area contributed by atoms with Crippen molar-refractivity contribution >= 4 is 32.3 Å². The van der Waals surface area contributed by atoms with E-state index in [0.717, 1.165) is 43.6 Å². The first-order valence-electron chi connectivity index (χ1n) is 8.30. The number of aryl methyl sites for hydroxylation is 1. The van der Waals surface area contributed by atoms with Crippen molar-refractivity contribution in [1.29, 1.82) is 0 Å². The van der Waals surface area contributed by atoms with Gasteiger partial charge in [0.05, 0.1) is 0 Å². The van der Waals surface area contributed by atoms with Crippen molar-refractivity contribution in [1.82, 2.24) is 0 Å². The molecule has 25 heavy (non-hydrogen) atoms. The SMILES string of the molecule is Cc1cc2ccc3cccc4c(F)cc(c1-c1ccccc1O)c2c34. The number of para-hydroxylation sites is 1. The Labute approximate surface area is 144 Å². The van der Waals surface area contributed by atoms with Gasteiger partial charge in [0.1, 0.15) is 11.6 Å². The zero-order valence-corrected chi connectivity index (χ0v) is 13.7. The lowest BCUT2D eigenvalue weighted by Gasteiger charge is -2.17. The van der Waals surface area contributed by atoms with E-state index in [-0.39, 0.29) is 11.6 Å². The van der Waals surface area contributed by atoms with E-state index in [1.165, 1.54) is 0 Å². The lowest BCUT2D eigenvalue weighted by Crippen LogP contribution is -1.93. The highest BCUT2D eigenvalue weighted by atomic mass is 19.1. The summed E-state index contributed by atoms with van der Waals surface area (Å²) in [5, 5.41) is 16.0. The Balaban J connectivity index is 2.08. The smallest absolute Gasteiger partial charge is 0.131 e. The first kappa shape index (κ1) is 14.2. The van der Waals surface area contributed by atoms with Crippen molar-refractivity contribution in [3.8, 4) is 16.9 Å². The fraction of sp³-hybridized carbons (Fsp3) is 0.0435. The molecule has 0 unspecified atom stereocenters. The molecule has 1 nitrogen and oxygen atoms in total. The second-order valence-electron chi connectivity index (χ2n) is 6.56. The minimum atomic E-state index is -0.229. The molecule has 0 aliphatic carbocycles. The van der Waals surface area contributed by atoms with E-state index in [1.54, 1.807) is 18.2 Å². The normalized spacial score (nSPS) is 11.8. The molecule has 0 saturated heterocycles. The summed E-state index contributed by atoms with van der Waals surface area (Å²) in [7, 11) is 0. The molecular formula is C23H15FO. The van der Waals surface area contributed by atoms with Crippen molar-refractivity contribution < 1.29 is 9.50 Å². The quantitative estimate of drug-likeness (QED) is 0.353. The van der Waals surface area contributed by atoms with Gasteiger partial charge in [0.15, 0.2) is 0 Å². The van der Waals surface area contributed by atoms with Crippen LogP contribution in [0.1, 0.15) is 5.56 Å². The van der Waals surface area contributed by atoms with Crippen molar-refractivity contribution in [3.63, 3.8) is 0 Å². The van der Waals surface area contributed by atoms with Crippen molar-refractivity contribution in [3.05, 3.63) is 78.1 Å². The van der Waals surface area contributed by atoms with Crippen LogP contribution in [0.2, 0.25) is 0 Å². The van der Waals surface area contributed by atoms with Gasteiger partial charge in [-0.25, -0.2) is 4.39 Å². The average molecular weight is 326 g/mol. The van der Waals surface area contributed by atoms with Crippen LogP contribution in [0.25, 0.3) is 43.4 Å². The van der Waals surface area contributed by atoms with Crippen molar-refractivity contribution in [2.45, 2.75) is 6.92 Å². The molecule has 2 heteroatoms. The van der Waals surface area contributed by atoms with Gasteiger partial charge in [0, 0.05) is 16.3 Å². The minimum Gasteiger partial charge on any atom is -0.507 e. The minimum absolute atomic E-state index is 0.209. The molecule has 1 N–H and O–H groups in total. The highest BCUT2D eigenvalue weighted by Gasteiger charge is 2.18. The van der Waals surface area contributed by atoms with Crippen LogP contribution < -0.4 is 0 Å². The van der Waals surface area contributed by atoms with Gasteiger partial charge in [-0.2, -0.15) is 0 Å². The number of hydrogen-bond acceptors (Lipinski definition) is 1. The largest absolute Gasteiger partial charge is 0.507 e. The molecule has 0 saturated carbocycles. The zero-order valence-electron chi connectivity index (χ0n) is 13.7. The fourth-order valence-electron chi connectivity index (χ4n) is 4.04. The molecule has 0 spiro atoms. The van der Waals surface area contributed by atoms with Gasteiger partial charge >= 0.3 is 0 Å². The summed E-state index contributed by atoms with van der Waals surface area (Å²) in [5.74, 6) is -0.0195. The molecule has 0 amide bonds. The van der Waals surface area contributed by atoms with Crippen LogP contribution in [0.15, 0.2) is 66.7 Å². The second-order valence-corrected chi connectivity index (χ2v) is 6.56. The van der Waals surface area contributed by atoms with Crippen molar-refractivity contribution in [2.75, 3.05) is 0 Å². The molecular weight excluding hydrogens is 311 g/mol. The Hall–Kier alpha value is -3.13. The van der Waals surface area contributed by atoms with Gasteiger partial charge in [-0.05, 0) is 51.7 Å². The molecule has 0 bridgehead atoms. The first-order valence-corrected chi connectivity index (χ1v) is 8.30. The number of benzene rings is 5. The number of phenolic OH excluding ortho intramolecular Hbond substituents is 1. The summed E-state index contributed by atoms with van der Waals surface area (Å²) >= 11 is 0. The van der Waals surface area contributed by atoms with Crippen LogP contribution >= 0.6 is 0 Å². The molecule has 0 aliphatic heterocycles. The molecule has 5 aromatic carbocycles. The molecule has 5 aromatic rings. The van der Waals surface area contributed by atoms with Crippen LogP contribution in [0.4, 0.5) is 4.39 Å². The van der Waals surface area contributed by atoms with E-state index >= 15 is 0 Å². The van der Waals surface area contributed by atoms with Gasteiger partial charge in [-0.1, -0.05) is 54.6 Å². The number of hydrogen-bond donors (Lipinski definition) is 1. The fourth-order valence-corrected chi connectivity index (χ4v) is 4.04. The van der Waals surface area contributed by atoms with Gasteiger partial charge in [0.25, 0.3) is 0 Å². The van der Waals surface area contributed by atoms with Gasteiger partial charge in [-0.3, -0.25) is 0 Å². The van der Waals surface area contributed by atoms with E-state index in [2.05, 4.69) is 12.1 Å². The van der Waals surface area contributed by atoms with Crippen LogP contribution in [0, 0.1) is 12.7 Å². The third-order valence-electron chi connectivity index (χ3n) is 5.08. The molecule has 0 radical (unpaired) electrons. The number of aromatic hydroxyl groups is 1. The highest BCUT2D eigenvalue weighted by molar-refractivity contribution is 6.26. The molecule has 0 heterocycles. The first-order chi connectivity index (χ1) is 12.1. The van der Waals surface area contributed by atoms with Crippen LogP contribution in [0.5, 0.6) is 5.75 Å². The Morgan fingerprint density at radius 3 is 2.36 bits per heavy atom. The van der Waals surface area contributed by atoms with Crippen LogP contribution in [-0.4, -0.2) is 5.11 Å². The van der Waals surface area contributed by atoms with Gasteiger partial charge in [-0.15, -0.1) is 0 Å². The van der Waals surface area contributed by atoms with Crippen LogP contribution in [-0.2, 0) is 0 Å². The maximum atomic E-state index is 14.9. The van der Waals surface area contributed by atoms with E-state index in [0.29, 0.717) is 5.39 Å². The van der Waals surface area contributed by atoms with E-state index < -0.39 is 0 Å². The molecule has 0 fully saturated rings. The predicted molar refractivity (Wildman–Crippen MR) is 102 cm³/mol. The molecule has 0 atom stereocenters. The lowest BCUT2D eigenvalue weighted by molar-refractivity contribution is 0.477. The van der Waals surface area contributed by atoms with E-state index in [9.17, 15) is 9.50 Å².